The summed E-state index contributed by atoms with van der Waals surface area (Å²) in [4.78, 5) is 0.568. The van der Waals surface area contributed by atoms with Crippen LogP contribution in [0.5, 0.6) is 5.75 Å². The van der Waals surface area contributed by atoms with E-state index in [0.29, 0.717) is 10.9 Å². The van der Waals surface area contributed by atoms with E-state index in [1.165, 1.54) is 5.56 Å². The quantitative estimate of drug-likeness (QED) is 0.797. The molecule has 2 atom stereocenters. The highest BCUT2D eigenvalue weighted by atomic mass is 32.1. The lowest BCUT2D eigenvalue weighted by atomic mass is 9.89. The van der Waals surface area contributed by atoms with E-state index >= 15 is 0 Å². The zero-order chi connectivity index (χ0) is 11.4. The van der Waals surface area contributed by atoms with Gasteiger partial charge in [0, 0.05) is 5.92 Å². The zero-order valence-corrected chi connectivity index (χ0v) is 10.2. The summed E-state index contributed by atoms with van der Waals surface area (Å²) in [6, 6.07) is 8.02. The summed E-state index contributed by atoms with van der Waals surface area (Å²) < 4.78 is 5.11. The SMILES string of the molecule is COc1ccc(C(C)C(C)C(N)=S)cc1. The second-order valence-corrected chi connectivity index (χ2v) is 4.22. The maximum atomic E-state index is 5.64. The molecule has 0 aliphatic rings. The number of ether oxygens (including phenoxy) is 1. The highest BCUT2D eigenvalue weighted by molar-refractivity contribution is 7.80. The molecule has 0 saturated carbocycles. The molecule has 0 saturated heterocycles. The van der Waals surface area contributed by atoms with Crippen molar-refractivity contribution in [1.29, 1.82) is 0 Å². The van der Waals surface area contributed by atoms with Crippen molar-refractivity contribution in [1.82, 2.24) is 0 Å². The van der Waals surface area contributed by atoms with Crippen LogP contribution in [-0.2, 0) is 0 Å². The van der Waals surface area contributed by atoms with E-state index in [0.717, 1.165) is 5.75 Å². The second kappa shape index (κ2) is 5.12. The first kappa shape index (κ1) is 12.0. The van der Waals surface area contributed by atoms with Crippen LogP contribution in [-0.4, -0.2) is 12.1 Å². The minimum Gasteiger partial charge on any atom is -0.497 e. The fourth-order valence-corrected chi connectivity index (χ4v) is 1.65. The molecule has 2 N–H and O–H groups in total. The molecule has 0 bridgehead atoms. The van der Waals surface area contributed by atoms with Gasteiger partial charge in [-0.3, -0.25) is 0 Å². The fraction of sp³-hybridized carbons (Fsp3) is 0.417. The van der Waals surface area contributed by atoms with Gasteiger partial charge in [-0.2, -0.15) is 0 Å². The van der Waals surface area contributed by atoms with Gasteiger partial charge in [-0.25, -0.2) is 0 Å². The van der Waals surface area contributed by atoms with Gasteiger partial charge in [0.15, 0.2) is 0 Å². The lowest BCUT2D eigenvalue weighted by Crippen LogP contribution is -2.23. The first-order valence-electron chi connectivity index (χ1n) is 4.99. The van der Waals surface area contributed by atoms with Crippen LogP contribution < -0.4 is 10.5 Å². The predicted octanol–water partition coefficient (Wildman–Crippen LogP) is 2.72. The Morgan fingerprint density at radius 2 is 1.80 bits per heavy atom. The van der Waals surface area contributed by atoms with Gasteiger partial charge in [-0.05, 0) is 23.6 Å². The molecule has 2 unspecified atom stereocenters. The Morgan fingerprint density at radius 3 is 2.20 bits per heavy atom. The first-order chi connectivity index (χ1) is 7.06. The van der Waals surface area contributed by atoms with Gasteiger partial charge in [0.1, 0.15) is 5.75 Å². The molecule has 2 nitrogen and oxygen atoms in total. The lowest BCUT2D eigenvalue weighted by molar-refractivity contribution is 0.414. The van der Waals surface area contributed by atoms with Crippen LogP contribution in [0.4, 0.5) is 0 Å². The molecule has 3 heteroatoms. The van der Waals surface area contributed by atoms with Gasteiger partial charge in [0.25, 0.3) is 0 Å². The van der Waals surface area contributed by atoms with Crippen molar-refractivity contribution >= 4 is 17.2 Å². The monoisotopic (exact) mass is 223 g/mol. The summed E-state index contributed by atoms with van der Waals surface area (Å²) in [6.07, 6.45) is 0. The molecule has 0 heterocycles. The Bertz CT molecular complexity index is 334. The normalized spacial score (nSPS) is 14.3. The Labute approximate surface area is 96.4 Å². The number of hydrogen-bond donors (Lipinski definition) is 1. The van der Waals surface area contributed by atoms with Crippen molar-refractivity contribution in [2.24, 2.45) is 11.7 Å². The summed E-state index contributed by atoms with van der Waals surface area (Å²) in [7, 11) is 1.66. The zero-order valence-electron chi connectivity index (χ0n) is 9.36. The largest absolute Gasteiger partial charge is 0.497 e. The van der Waals surface area contributed by atoms with Gasteiger partial charge >= 0.3 is 0 Å². The molecular formula is C12H17NOS. The Hall–Kier alpha value is -1.09. The molecule has 0 aliphatic heterocycles. The molecule has 0 aliphatic carbocycles. The second-order valence-electron chi connectivity index (χ2n) is 3.75. The number of nitrogens with two attached hydrogens (primary N) is 1. The van der Waals surface area contributed by atoms with Crippen LogP contribution in [0, 0.1) is 5.92 Å². The summed E-state index contributed by atoms with van der Waals surface area (Å²) in [5.74, 6) is 1.43. The molecule has 15 heavy (non-hydrogen) atoms. The van der Waals surface area contributed by atoms with Gasteiger partial charge in [0.05, 0.1) is 12.1 Å². The number of rotatable bonds is 4. The fourth-order valence-electron chi connectivity index (χ4n) is 1.44. The molecule has 0 radical (unpaired) electrons. The van der Waals surface area contributed by atoms with Crippen molar-refractivity contribution in [2.45, 2.75) is 19.8 Å². The topological polar surface area (TPSA) is 35.2 Å². The average Bonchev–Trinajstić information content (AvgIpc) is 2.27. The molecule has 1 rings (SSSR count). The molecule has 0 amide bonds. The van der Waals surface area contributed by atoms with Gasteiger partial charge in [-0.15, -0.1) is 0 Å². The average molecular weight is 223 g/mol. The van der Waals surface area contributed by atoms with Crippen LogP contribution in [0.25, 0.3) is 0 Å². The van der Waals surface area contributed by atoms with E-state index < -0.39 is 0 Å². The van der Waals surface area contributed by atoms with Crippen molar-refractivity contribution in [3.05, 3.63) is 29.8 Å². The molecule has 1 aromatic carbocycles. The van der Waals surface area contributed by atoms with E-state index in [2.05, 4.69) is 26.0 Å². The van der Waals surface area contributed by atoms with Crippen molar-refractivity contribution in [2.75, 3.05) is 7.11 Å². The van der Waals surface area contributed by atoms with Crippen LogP contribution in [0.2, 0.25) is 0 Å². The predicted molar refractivity (Wildman–Crippen MR) is 67.4 cm³/mol. The smallest absolute Gasteiger partial charge is 0.118 e. The Morgan fingerprint density at radius 1 is 1.27 bits per heavy atom. The molecule has 1 aromatic rings. The van der Waals surface area contributed by atoms with E-state index in [-0.39, 0.29) is 5.92 Å². The first-order valence-corrected chi connectivity index (χ1v) is 5.40. The van der Waals surface area contributed by atoms with Crippen molar-refractivity contribution in [3.8, 4) is 5.75 Å². The van der Waals surface area contributed by atoms with Gasteiger partial charge in [0.2, 0.25) is 0 Å². The molecule has 0 spiro atoms. The molecular weight excluding hydrogens is 206 g/mol. The van der Waals surface area contributed by atoms with E-state index in [1.807, 2.05) is 12.1 Å². The number of benzene rings is 1. The van der Waals surface area contributed by atoms with Crippen molar-refractivity contribution < 1.29 is 4.74 Å². The minimum atomic E-state index is 0.216. The number of methoxy groups -OCH3 is 1. The van der Waals surface area contributed by atoms with Crippen molar-refractivity contribution in [3.63, 3.8) is 0 Å². The highest BCUT2D eigenvalue weighted by Crippen LogP contribution is 2.25. The Balaban J connectivity index is 2.82. The molecule has 82 valence electrons. The Kier molecular flexibility index (Phi) is 4.09. The molecule has 0 aromatic heterocycles. The van der Waals surface area contributed by atoms with Gasteiger partial charge < -0.3 is 10.5 Å². The van der Waals surface area contributed by atoms with E-state index in [9.17, 15) is 0 Å². The third-order valence-electron chi connectivity index (χ3n) is 2.84. The molecule has 0 fully saturated rings. The minimum absolute atomic E-state index is 0.216. The maximum absolute atomic E-state index is 5.64. The van der Waals surface area contributed by atoms with Crippen LogP contribution >= 0.6 is 12.2 Å². The summed E-state index contributed by atoms with van der Waals surface area (Å²) in [6.45, 7) is 4.18. The lowest BCUT2D eigenvalue weighted by Gasteiger charge is -2.19. The highest BCUT2D eigenvalue weighted by Gasteiger charge is 2.16. The standard InChI is InChI=1S/C12H17NOS/c1-8(9(2)12(13)15)10-4-6-11(14-3)7-5-10/h4-9H,1-3H3,(H2,13,15). The number of hydrogen-bond acceptors (Lipinski definition) is 2. The summed E-state index contributed by atoms with van der Waals surface area (Å²) >= 11 is 5.00. The maximum Gasteiger partial charge on any atom is 0.118 e. The summed E-state index contributed by atoms with van der Waals surface area (Å²) in [5.41, 5.74) is 6.87. The third-order valence-corrected chi connectivity index (χ3v) is 3.21. The van der Waals surface area contributed by atoms with Gasteiger partial charge in [-0.1, -0.05) is 38.2 Å². The van der Waals surface area contributed by atoms with Crippen LogP contribution in [0.15, 0.2) is 24.3 Å². The van der Waals surface area contributed by atoms with E-state index in [4.69, 9.17) is 22.7 Å². The van der Waals surface area contributed by atoms with E-state index in [1.54, 1.807) is 7.11 Å². The summed E-state index contributed by atoms with van der Waals surface area (Å²) in [5, 5.41) is 0. The van der Waals surface area contributed by atoms with Crippen LogP contribution in [0.1, 0.15) is 25.3 Å². The number of thiocarbonyl (C=S) groups is 1. The van der Waals surface area contributed by atoms with Crippen LogP contribution in [0.3, 0.4) is 0 Å². The third kappa shape index (κ3) is 2.93.